The maximum Gasteiger partial charge on any atom is 0.309 e. The summed E-state index contributed by atoms with van der Waals surface area (Å²) in [5, 5.41) is 0. The summed E-state index contributed by atoms with van der Waals surface area (Å²) < 4.78 is 45.8. The number of halogens is 1. The molecule has 3 rings (SSSR count). The summed E-state index contributed by atoms with van der Waals surface area (Å²) in [7, 11) is -3.66. The maximum atomic E-state index is 13.5. The van der Waals surface area contributed by atoms with Crippen LogP contribution < -0.4 is 0 Å². The molecule has 5 nitrogen and oxygen atoms in total. The zero-order valence-electron chi connectivity index (χ0n) is 13.7. The van der Waals surface area contributed by atoms with E-state index >= 15 is 0 Å². The van der Waals surface area contributed by atoms with Gasteiger partial charge in [-0.25, -0.2) is 12.8 Å². The van der Waals surface area contributed by atoms with Crippen LogP contribution in [0.1, 0.15) is 44.1 Å². The zero-order valence-corrected chi connectivity index (χ0v) is 14.5. The van der Waals surface area contributed by atoms with Crippen molar-refractivity contribution in [1.29, 1.82) is 0 Å². The lowest BCUT2D eigenvalue weighted by Gasteiger charge is -2.30. The van der Waals surface area contributed by atoms with Gasteiger partial charge in [0.15, 0.2) is 0 Å². The van der Waals surface area contributed by atoms with Crippen molar-refractivity contribution in [3.05, 3.63) is 29.6 Å². The number of carbonyl (C=O) groups excluding carboxylic acids is 1. The Balaban J connectivity index is 1.77. The number of esters is 1. The summed E-state index contributed by atoms with van der Waals surface area (Å²) in [6.07, 6.45) is 2.71. The summed E-state index contributed by atoms with van der Waals surface area (Å²) in [6, 6.07) is 3.91. The van der Waals surface area contributed by atoms with Crippen LogP contribution >= 0.6 is 0 Å². The number of rotatable bonds is 5. The third kappa shape index (κ3) is 3.47. The smallest absolute Gasteiger partial charge is 0.309 e. The predicted molar refractivity (Wildman–Crippen MR) is 86.5 cm³/mol. The number of hydrogen-bond acceptors (Lipinski definition) is 4. The summed E-state index contributed by atoms with van der Waals surface area (Å²) in [5.41, 5.74) is 0.586. The van der Waals surface area contributed by atoms with Crippen molar-refractivity contribution in [3.63, 3.8) is 0 Å². The first-order valence-electron chi connectivity index (χ1n) is 8.39. The zero-order chi connectivity index (χ0) is 17.3. The third-order valence-electron chi connectivity index (χ3n) is 4.68. The second-order valence-corrected chi connectivity index (χ2v) is 8.29. The molecule has 1 saturated heterocycles. The van der Waals surface area contributed by atoms with Crippen molar-refractivity contribution in [2.75, 3.05) is 19.7 Å². The van der Waals surface area contributed by atoms with Gasteiger partial charge >= 0.3 is 5.97 Å². The highest BCUT2D eigenvalue weighted by Gasteiger charge is 2.36. The van der Waals surface area contributed by atoms with E-state index in [1.165, 1.54) is 22.5 Å². The van der Waals surface area contributed by atoms with Crippen molar-refractivity contribution in [2.45, 2.75) is 43.4 Å². The van der Waals surface area contributed by atoms with Gasteiger partial charge in [0.2, 0.25) is 10.0 Å². The van der Waals surface area contributed by atoms with E-state index in [1.807, 2.05) is 0 Å². The number of hydrogen-bond donors (Lipinski definition) is 0. The fraction of sp³-hybridized carbons (Fsp3) is 0.588. The van der Waals surface area contributed by atoms with Gasteiger partial charge in [0.25, 0.3) is 0 Å². The highest BCUT2D eigenvalue weighted by atomic mass is 32.2. The molecule has 7 heteroatoms. The Kier molecular flexibility index (Phi) is 4.92. The normalized spacial score (nSPS) is 20.1. The van der Waals surface area contributed by atoms with Crippen molar-refractivity contribution in [1.82, 2.24) is 4.31 Å². The Hall–Kier alpha value is -1.47. The lowest BCUT2D eigenvalue weighted by Crippen LogP contribution is -2.40. The Morgan fingerprint density at radius 2 is 1.92 bits per heavy atom. The summed E-state index contributed by atoms with van der Waals surface area (Å²) in [5.74, 6) is -0.762. The number of carbonyl (C=O) groups is 1. The summed E-state index contributed by atoms with van der Waals surface area (Å²) in [4.78, 5) is 12.0. The topological polar surface area (TPSA) is 63.7 Å². The molecule has 1 aromatic rings. The van der Waals surface area contributed by atoms with Crippen LogP contribution in [0.3, 0.4) is 0 Å². The lowest BCUT2D eigenvalue weighted by atomic mass is 9.98. The fourth-order valence-corrected chi connectivity index (χ4v) is 4.93. The first-order valence-corrected chi connectivity index (χ1v) is 9.83. The molecule has 0 atom stereocenters. The molecule has 0 spiro atoms. The molecule has 0 bridgehead atoms. The summed E-state index contributed by atoms with van der Waals surface area (Å²) in [6.45, 7) is 2.66. The van der Waals surface area contributed by atoms with Gasteiger partial charge in [-0.2, -0.15) is 4.31 Å². The van der Waals surface area contributed by atoms with E-state index in [4.69, 9.17) is 4.74 Å². The van der Waals surface area contributed by atoms with Crippen molar-refractivity contribution >= 4 is 16.0 Å². The summed E-state index contributed by atoms with van der Waals surface area (Å²) >= 11 is 0. The van der Waals surface area contributed by atoms with Crippen LogP contribution in [-0.2, 0) is 19.6 Å². The average molecular weight is 355 g/mol. The largest absolute Gasteiger partial charge is 0.466 e. The molecule has 0 radical (unpaired) electrons. The van der Waals surface area contributed by atoms with Crippen LogP contribution in [0, 0.1) is 11.7 Å². The highest BCUT2D eigenvalue weighted by Crippen LogP contribution is 2.43. The van der Waals surface area contributed by atoms with E-state index < -0.39 is 15.8 Å². The number of piperidine rings is 1. The molecule has 2 fully saturated rings. The van der Waals surface area contributed by atoms with Gasteiger partial charge in [-0.15, -0.1) is 0 Å². The third-order valence-corrected chi connectivity index (χ3v) is 6.65. The molecule has 24 heavy (non-hydrogen) atoms. The molecule has 1 heterocycles. The standard InChI is InChI=1S/C17H22FNO4S/c1-2-23-17(20)13-7-9-19(10-8-13)24(21,22)16-6-5-14(18)11-15(16)12-3-4-12/h5-6,11-13H,2-4,7-10H2,1H3. The highest BCUT2D eigenvalue weighted by molar-refractivity contribution is 7.89. The van der Waals surface area contributed by atoms with E-state index in [0.717, 1.165) is 12.8 Å². The molecule has 1 aliphatic heterocycles. The quantitative estimate of drug-likeness (QED) is 0.762. The molecule has 1 aliphatic carbocycles. The van der Waals surface area contributed by atoms with E-state index in [9.17, 15) is 17.6 Å². The molecular formula is C17H22FNO4S. The number of nitrogens with zero attached hydrogens (tertiary/aromatic N) is 1. The first-order chi connectivity index (χ1) is 11.4. The van der Waals surface area contributed by atoms with Gasteiger partial charge in [-0.3, -0.25) is 4.79 Å². The molecule has 2 aliphatic rings. The number of sulfonamides is 1. The first kappa shape index (κ1) is 17.4. The van der Waals surface area contributed by atoms with Crippen LogP contribution in [0.5, 0.6) is 0 Å². The Bertz CT molecular complexity index is 722. The Morgan fingerprint density at radius 1 is 1.25 bits per heavy atom. The van der Waals surface area contributed by atoms with Crippen LogP contribution in [0.25, 0.3) is 0 Å². The van der Waals surface area contributed by atoms with E-state index in [-0.39, 0.29) is 35.8 Å². The Labute approximate surface area is 141 Å². The SMILES string of the molecule is CCOC(=O)C1CCN(S(=O)(=O)c2ccc(F)cc2C2CC2)CC1. The minimum atomic E-state index is -3.66. The van der Waals surface area contributed by atoms with Gasteiger partial charge < -0.3 is 4.74 Å². The van der Waals surface area contributed by atoms with Crippen LogP contribution in [0.4, 0.5) is 4.39 Å². The molecule has 0 N–H and O–H groups in total. The van der Waals surface area contributed by atoms with Crippen LogP contribution in [0.15, 0.2) is 23.1 Å². The van der Waals surface area contributed by atoms with Gasteiger partial charge in [-0.05, 0) is 62.3 Å². The second kappa shape index (κ2) is 6.80. The maximum absolute atomic E-state index is 13.5. The molecular weight excluding hydrogens is 333 g/mol. The van der Waals surface area contributed by atoms with Gasteiger partial charge in [-0.1, -0.05) is 0 Å². The van der Waals surface area contributed by atoms with Crippen molar-refractivity contribution < 1.29 is 22.3 Å². The molecule has 132 valence electrons. The van der Waals surface area contributed by atoms with Gasteiger partial charge in [0.1, 0.15) is 5.82 Å². The van der Waals surface area contributed by atoms with E-state index in [2.05, 4.69) is 0 Å². The molecule has 0 unspecified atom stereocenters. The van der Waals surface area contributed by atoms with Gasteiger partial charge in [0, 0.05) is 13.1 Å². The number of benzene rings is 1. The van der Waals surface area contributed by atoms with Gasteiger partial charge in [0.05, 0.1) is 17.4 Å². The molecule has 0 aromatic heterocycles. The number of ether oxygens (including phenoxy) is 1. The van der Waals surface area contributed by atoms with E-state index in [0.29, 0.717) is 25.0 Å². The molecule has 1 aromatic carbocycles. The average Bonchev–Trinajstić information content (AvgIpc) is 3.40. The fourth-order valence-electron chi connectivity index (χ4n) is 3.20. The van der Waals surface area contributed by atoms with Crippen LogP contribution in [-0.4, -0.2) is 38.4 Å². The molecule has 1 saturated carbocycles. The Morgan fingerprint density at radius 3 is 2.50 bits per heavy atom. The van der Waals surface area contributed by atoms with Crippen LogP contribution in [0.2, 0.25) is 0 Å². The van der Waals surface area contributed by atoms with Crippen molar-refractivity contribution in [3.8, 4) is 0 Å². The molecule has 0 amide bonds. The van der Waals surface area contributed by atoms with Crippen molar-refractivity contribution in [2.24, 2.45) is 5.92 Å². The monoisotopic (exact) mass is 355 g/mol. The van der Waals surface area contributed by atoms with E-state index in [1.54, 1.807) is 6.92 Å². The minimum Gasteiger partial charge on any atom is -0.466 e. The minimum absolute atomic E-state index is 0.141. The predicted octanol–water partition coefficient (Wildman–Crippen LogP) is 2.67. The second-order valence-electron chi connectivity index (χ2n) is 6.39. The lowest BCUT2D eigenvalue weighted by molar-refractivity contribution is -0.149.